The summed E-state index contributed by atoms with van der Waals surface area (Å²) in [6.45, 7) is 3.20. The number of rotatable bonds is 9. The molecular formula is C24H30ClN3O4S. The van der Waals surface area contributed by atoms with Crippen molar-refractivity contribution in [1.82, 2.24) is 9.62 Å². The number of sulfonamides is 1. The zero-order valence-electron chi connectivity index (χ0n) is 18.7. The second-order valence-corrected chi connectivity index (χ2v) is 10.6. The van der Waals surface area contributed by atoms with E-state index in [2.05, 4.69) is 17.6 Å². The first-order valence-electron chi connectivity index (χ1n) is 11.2. The van der Waals surface area contributed by atoms with Crippen LogP contribution in [0.2, 0.25) is 5.02 Å². The lowest BCUT2D eigenvalue weighted by atomic mass is 9.97. The summed E-state index contributed by atoms with van der Waals surface area (Å²) in [6, 6.07) is 13.7. The van der Waals surface area contributed by atoms with Crippen molar-refractivity contribution < 1.29 is 18.0 Å². The van der Waals surface area contributed by atoms with Crippen molar-refractivity contribution in [1.29, 1.82) is 0 Å². The van der Waals surface area contributed by atoms with Gasteiger partial charge in [0.05, 0.1) is 17.0 Å². The van der Waals surface area contributed by atoms with Gasteiger partial charge in [-0.25, -0.2) is 12.7 Å². The van der Waals surface area contributed by atoms with E-state index in [4.69, 9.17) is 11.6 Å². The van der Waals surface area contributed by atoms with E-state index < -0.39 is 10.0 Å². The number of hydrogen-bond donors (Lipinski definition) is 2. The van der Waals surface area contributed by atoms with Gasteiger partial charge < -0.3 is 10.6 Å². The van der Waals surface area contributed by atoms with Crippen LogP contribution in [0.15, 0.2) is 48.5 Å². The minimum absolute atomic E-state index is 0.0957. The molecule has 0 bridgehead atoms. The summed E-state index contributed by atoms with van der Waals surface area (Å²) in [6.07, 6.45) is 2.72. The average molecular weight is 492 g/mol. The quantitative estimate of drug-likeness (QED) is 0.517. The van der Waals surface area contributed by atoms with Gasteiger partial charge in [-0.2, -0.15) is 0 Å². The normalized spacial score (nSPS) is 15.2. The molecule has 2 N–H and O–H groups in total. The summed E-state index contributed by atoms with van der Waals surface area (Å²) in [4.78, 5) is 25.3. The van der Waals surface area contributed by atoms with E-state index in [9.17, 15) is 18.0 Å². The van der Waals surface area contributed by atoms with Crippen LogP contribution in [-0.4, -0.2) is 44.2 Å². The van der Waals surface area contributed by atoms with Gasteiger partial charge >= 0.3 is 0 Å². The third-order valence-electron chi connectivity index (χ3n) is 5.73. The number of nitrogens with one attached hydrogen (secondary N) is 2. The van der Waals surface area contributed by atoms with Gasteiger partial charge in [0.15, 0.2) is 0 Å². The Balaban J connectivity index is 1.56. The highest BCUT2D eigenvalue weighted by Crippen LogP contribution is 2.24. The van der Waals surface area contributed by atoms with Crippen LogP contribution >= 0.6 is 11.6 Å². The Labute approximate surface area is 200 Å². The molecule has 3 rings (SSSR count). The second kappa shape index (κ2) is 11.6. The van der Waals surface area contributed by atoms with Crippen molar-refractivity contribution in [3.05, 3.63) is 64.7 Å². The molecule has 0 spiro atoms. The minimum atomic E-state index is -3.48. The van der Waals surface area contributed by atoms with Crippen LogP contribution in [0.1, 0.15) is 48.5 Å². The topological polar surface area (TPSA) is 95.6 Å². The van der Waals surface area contributed by atoms with E-state index in [1.165, 1.54) is 4.31 Å². The van der Waals surface area contributed by atoms with E-state index in [1.54, 1.807) is 48.5 Å². The van der Waals surface area contributed by atoms with E-state index in [1.807, 2.05) is 0 Å². The Bertz CT molecular complexity index is 1070. The van der Waals surface area contributed by atoms with Crippen molar-refractivity contribution in [2.45, 2.75) is 38.4 Å². The number of hydrogen-bond acceptors (Lipinski definition) is 4. The minimum Gasteiger partial charge on any atom is -0.352 e. The first-order chi connectivity index (χ1) is 15.8. The number of halogens is 1. The average Bonchev–Trinajstić information content (AvgIpc) is 2.81. The molecule has 178 valence electrons. The third kappa shape index (κ3) is 7.03. The molecule has 0 aliphatic carbocycles. The molecule has 1 saturated heterocycles. The molecule has 1 heterocycles. The lowest BCUT2D eigenvalue weighted by Crippen LogP contribution is -2.42. The number of benzene rings is 2. The van der Waals surface area contributed by atoms with Crippen LogP contribution in [0.3, 0.4) is 0 Å². The first-order valence-corrected chi connectivity index (χ1v) is 13.2. The molecule has 0 aromatic heterocycles. The van der Waals surface area contributed by atoms with E-state index >= 15 is 0 Å². The van der Waals surface area contributed by atoms with Gasteiger partial charge in [-0.05, 0) is 49.1 Å². The lowest BCUT2D eigenvalue weighted by Gasteiger charge is -2.30. The van der Waals surface area contributed by atoms with Crippen LogP contribution < -0.4 is 10.6 Å². The van der Waals surface area contributed by atoms with Crippen LogP contribution in [0.4, 0.5) is 5.69 Å². The summed E-state index contributed by atoms with van der Waals surface area (Å²) < 4.78 is 27.0. The van der Waals surface area contributed by atoms with Crippen molar-refractivity contribution in [3.63, 3.8) is 0 Å². The highest BCUT2D eigenvalue weighted by atomic mass is 35.5. The number of unbranched alkanes of at least 4 members (excludes halogenated alkanes) is 1. The molecule has 0 radical (unpaired) electrons. The summed E-state index contributed by atoms with van der Waals surface area (Å²) in [5.41, 5.74) is 1.56. The van der Waals surface area contributed by atoms with Crippen LogP contribution in [0, 0.1) is 5.92 Å². The van der Waals surface area contributed by atoms with Gasteiger partial charge in [0.2, 0.25) is 15.9 Å². The summed E-state index contributed by atoms with van der Waals surface area (Å²) >= 11 is 5.87. The monoisotopic (exact) mass is 491 g/mol. The fourth-order valence-electron chi connectivity index (χ4n) is 3.78. The maximum Gasteiger partial charge on any atom is 0.253 e. The van der Waals surface area contributed by atoms with Crippen LogP contribution in [0.5, 0.6) is 0 Å². The molecule has 9 heteroatoms. The highest BCUT2D eigenvalue weighted by Gasteiger charge is 2.31. The van der Waals surface area contributed by atoms with Crippen LogP contribution in [0.25, 0.3) is 0 Å². The van der Waals surface area contributed by atoms with Gasteiger partial charge in [-0.3, -0.25) is 9.59 Å². The molecule has 1 aliphatic rings. The number of carbonyl (C=O) groups excluding carboxylic acids is 2. The summed E-state index contributed by atoms with van der Waals surface area (Å²) in [7, 11) is -3.48. The van der Waals surface area contributed by atoms with Gasteiger partial charge in [-0.1, -0.05) is 49.2 Å². The van der Waals surface area contributed by atoms with Gasteiger partial charge in [-0.15, -0.1) is 0 Å². The molecule has 2 aromatic carbocycles. The first kappa shape index (κ1) is 25.2. The molecule has 7 nitrogen and oxygen atoms in total. The molecule has 1 fully saturated rings. The zero-order chi connectivity index (χ0) is 23.8. The van der Waals surface area contributed by atoms with Gasteiger partial charge in [0.1, 0.15) is 0 Å². The maximum atomic E-state index is 12.9. The lowest BCUT2D eigenvalue weighted by molar-refractivity contribution is -0.120. The number of piperidine rings is 1. The van der Waals surface area contributed by atoms with Crippen molar-refractivity contribution >= 4 is 39.1 Å². The van der Waals surface area contributed by atoms with Gasteiger partial charge in [0.25, 0.3) is 5.91 Å². The summed E-state index contributed by atoms with van der Waals surface area (Å²) in [5, 5.41) is 6.30. The predicted molar refractivity (Wildman–Crippen MR) is 131 cm³/mol. The number of carbonyl (C=O) groups is 2. The Hall–Kier alpha value is -2.42. The molecule has 2 amide bonds. The van der Waals surface area contributed by atoms with E-state index in [0.717, 1.165) is 12.8 Å². The molecule has 2 aromatic rings. The Morgan fingerprint density at radius 1 is 1.06 bits per heavy atom. The summed E-state index contributed by atoms with van der Waals surface area (Å²) in [5.74, 6) is -0.828. The predicted octanol–water partition coefficient (Wildman–Crippen LogP) is 4.05. The Morgan fingerprint density at radius 3 is 2.39 bits per heavy atom. The smallest absolute Gasteiger partial charge is 0.253 e. The van der Waals surface area contributed by atoms with Crippen molar-refractivity contribution in [3.8, 4) is 0 Å². The molecular weight excluding hydrogens is 462 g/mol. The van der Waals surface area contributed by atoms with Crippen molar-refractivity contribution in [2.24, 2.45) is 5.92 Å². The molecule has 0 unspecified atom stereocenters. The number of anilines is 1. The van der Waals surface area contributed by atoms with E-state index in [0.29, 0.717) is 41.2 Å². The SMILES string of the molecule is CCCCNC(=O)c1ccccc1NC(=O)C1CCN(S(=O)(=O)Cc2ccc(Cl)cc2)CC1. The van der Waals surface area contributed by atoms with E-state index in [-0.39, 0.29) is 36.6 Å². The number of amides is 2. The molecule has 1 aliphatic heterocycles. The second-order valence-electron chi connectivity index (χ2n) is 8.20. The Morgan fingerprint density at radius 2 is 1.73 bits per heavy atom. The number of nitrogens with zero attached hydrogens (tertiary/aromatic N) is 1. The molecule has 0 atom stereocenters. The largest absolute Gasteiger partial charge is 0.352 e. The fraction of sp³-hybridized carbons (Fsp3) is 0.417. The third-order valence-corrected chi connectivity index (χ3v) is 7.83. The number of para-hydroxylation sites is 1. The fourth-order valence-corrected chi connectivity index (χ4v) is 5.47. The van der Waals surface area contributed by atoms with Gasteiger partial charge in [0, 0.05) is 30.6 Å². The van der Waals surface area contributed by atoms with Crippen LogP contribution in [-0.2, 0) is 20.6 Å². The molecule has 33 heavy (non-hydrogen) atoms. The highest BCUT2D eigenvalue weighted by molar-refractivity contribution is 7.88. The standard InChI is InChI=1S/C24H30ClN3O4S/c1-2-3-14-26-24(30)21-6-4-5-7-22(21)27-23(29)19-12-15-28(16-13-19)33(31,32)17-18-8-10-20(25)11-9-18/h4-11,19H,2-3,12-17H2,1H3,(H,26,30)(H,27,29). The molecule has 0 saturated carbocycles. The Kier molecular flexibility index (Phi) is 8.88. The maximum absolute atomic E-state index is 12.9. The van der Waals surface area contributed by atoms with Crippen molar-refractivity contribution in [2.75, 3.05) is 25.0 Å². The zero-order valence-corrected chi connectivity index (χ0v) is 20.3.